The van der Waals surface area contributed by atoms with Crippen LogP contribution in [-0.2, 0) is 17.1 Å². The van der Waals surface area contributed by atoms with Gasteiger partial charge in [0.2, 0.25) is 0 Å². The molecule has 0 aromatic heterocycles. The average Bonchev–Trinajstić information content (AvgIpc) is 3.78. The summed E-state index contributed by atoms with van der Waals surface area (Å²) in [5.41, 5.74) is 9.19. The molecule has 6 rings (SSSR count). The first-order chi connectivity index (χ1) is 22.3. The number of hydrogen-bond acceptors (Lipinski definition) is 2. The van der Waals surface area contributed by atoms with Crippen LogP contribution in [-0.4, -0.2) is 36.9 Å². The van der Waals surface area contributed by atoms with Crippen molar-refractivity contribution in [3.8, 4) is 11.5 Å². The quantitative estimate of drug-likeness (QED) is 0.190. The molecule has 0 saturated heterocycles. The molecule has 4 saturated carbocycles. The van der Waals surface area contributed by atoms with Crippen molar-refractivity contribution < 1.29 is 26.5 Å². The van der Waals surface area contributed by atoms with Crippen molar-refractivity contribution in [3.63, 3.8) is 0 Å². The van der Waals surface area contributed by atoms with E-state index >= 15 is 0 Å². The van der Waals surface area contributed by atoms with Crippen LogP contribution in [0.3, 0.4) is 0 Å². The van der Waals surface area contributed by atoms with Gasteiger partial charge < -0.3 is 9.47 Å². The van der Waals surface area contributed by atoms with Gasteiger partial charge in [-0.3, -0.25) is 0 Å². The van der Waals surface area contributed by atoms with E-state index in [1.54, 1.807) is 78.4 Å². The van der Waals surface area contributed by atoms with Gasteiger partial charge in [-0.1, -0.05) is 79.1 Å². The summed E-state index contributed by atoms with van der Waals surface area (Å²) < 4.78 is 11.2. The van der Waals surface area contributed by atoms with Gasteiger partial charge in [-0.15, -0.1) is 0 Å². The molecule has 47 heavy (non-hydrogen) atoms. The Hall–Kier alpha value is -0.581. The molecule has 0 bridgehead atoms. The summed E-state index contributed by atoms with van der Waals surface area (Å²) in [5.74, 6) is 3.17. The molecule has 4 aliphatic carbocycles. The number of rotatable bonds is 9. The van der Waals surface area contributed by atoms with E-state index in [1.165, 1.54) is 84.2 Å². The van der Waals surface area contributed by atoms with Gasteiger partial charge in [0.05, 0.1) is 14.2 Å². The zero-order valence-corrected chi connectivity index (χ0v) is 33.9. The molecule has 2 aromatic rings. The van der Waals surface area contributed by atoms with Crippen LogP contribution in [0.15, 0.2) is 24.3 Å². The summed E-state index contributed by atoms with van der Waals surface area (Å²) in [7, 11) is 3.51. The molecule has 0 spiro atoms. The zero-order chi connectivity index (χ0) is 32.6. The predicted octanol–water partition coefficient (Wildman–Crippen LogP) is 12.0. The minimum absolute atomic E-state index is 0. The maximum Gasteiger partial charge on any atom is 0.124 e. The fraction of sp³-hybridized carbons (Fsp3) is 0.714. The average molecular weight is 721 g/mol. The Bertz CT molecular complexity index is 1120. The van der Waals surface area contributed by atoms with Crippen LogP contribution in [0.5, 0.6) is 11.5 Å². The summed E-state index contributed by atoms with van der Waals surface area (Å²) in [4.78, 5) is 0. The van der Waals surface area contributed by atoms with Gasteiger partial charge in [0, 0.05) is 17.1 Å². The summed E-state index contributed by atoms with van der Waals surface area (Å²) >= 11 is 0. The van der Waals surface area contributed by atoms with E-state index < -0.39 is 0 Å². The van der Waals surface area contributed by atoms with Crippen molar-refractivity contribution in [1.29, 1.82) is 0 Å². The van der Waals surface area contributed by atoms with E-state index in [2.05, 4.69) is 58.9 Å². The third kappa shape index (κ3) is 9.81. The monoisotopic (exact) mass is 720 g/mol. The maximum atomic E-state index is 5.60. The Kier molecular flexibility index (Phi) is 16.0. The van der Waals surface area contributed by atoms with Gasteiger partial charge in [-0.2, -0.15) is 0 Å². The van der Waals surface area contributed by atoms with Crippen LogP contribution in [0.1, 0.15) is 145 Å². The Labute approximate surface area is 302 Å². The van der Waals surface area contributed by atoms with Crippen LogP contribution in [0.4, 0.5) is 0 Å². The molecule has 1 atom stereocenters. The molecule has 0 unspecified atom stereocenters. The molecule has 4 fully saturated rings. The second-order valence-corrected chi connectivity index (χ2v) is 21.0. The van der Waals surface area contributed by atoms with Crippen molar-refractivity contribution in [3.05, 3.63) is 46.5 Å². The third-order valence-electron chi connectivity index (χ3n) is 12.1. The van der Waals surface area contributed by atoms with E-state index in [0.717, 1.165) is 40.1 Å². The Balaban J connectivity index is 0.000000215. The number of hydrogen-bond donors (Lipinski definition) is 0. The molecule has 2 nitrogen and oxygen atoms in total. The molecular weight excluding hydrogens is 654 g/mol. The molecule has 0 radical (unpaired) electrons. The van der Waals surface area contributed by atoms with E-state index in [-0.39, 0.29) is 25.0 Å². The van der Waals surface area contributed by atoms with Crippen LogP contribution < -0.4 is 20.1 Å². The smallest absolute Gasteiger partial charge is 0.124 e. The second kappa shape index (κ2) is 19.1. The molecule has 0 aliphatic heterocycles. The molecule has 2 aromatic carbocycles. The van der Waals surface area contributed by atoms with E-state index in [4.69, 9.17) is 9.47 Å². The van der Waals surface area contributed by atoms with Crippen LogP contribution in [0, 0.1) is 33.6 Å². The molecule has 4 aliphatic rings. The van der Waals surface area contributed by atoms with Gasteiger partial charge in [-0.25, -0.2) is 0 Å². The summed E-state index contributed by atoms with van der Waals surface area (Å²) in [6.07, 6.45) is 27.3. The fourth-order valence-corrected chi connectivity index (χ4v) is 17.9. The van der Waals surface area contributed by atoms with Gasteiger partial charge in [0.15, 0.2) is 0 Å². The largest absolute Gasteiger partial charge is 0.496 e. The van der Waals surface area contributed by atoms with Crippen LogP contribution >= 0.6 is 15.8 Å². The third-order valence-corrected chi connectivity index (χ3v) is 19.0. The SMILES string of the molecule is COc1c(C)cc(P(c2cc(C)c(OC)c(C)c2)C2CCCC2)cc1C.C[C@H](C1CCCC1)P(C1CCCCC1)C1CCCCC1.[Fe]. The Morgan fingerprint density at radius 3 is 1.19 bits per heavy atom. The second-order valence-electron chi connectivity index (χ2n) is 15.3. The van der Waals surface area contributed by atoms with Crippen molar-refractivity contribution in [2.75, 3.05) is 14.2 Å². The summed E-state index contributed by atoms with van der Waals surface area (Å²) in [5, 5.41) is 2.98. The first kappa shape index (κ1) is 39.2. The van der Waals surface area contributed by atoms with Crippen molar-refractivity contribution in [1.82, 2.24) is 0 Å². The minimum atomic E-state index is -0.363. The van der Waals surface area contributed by atoms with E-state index in [0.29, 0.717) is 7.92 Å². The van der Waals surface area contributed by atoms with E-state index in [9.17, 15) is 0 Å². The zero-order valence-electron chi connectivity index (χ0n) is 31.0. The number of methoxy groups -OCH3 is 2. The van der Waals surface area contributed by atoms with Gasteiger partial charge in [0.25, 0.3) is 0 Å². The maximum absolute atomic E-state index is 5.60. The molecule has 5 heteroatoms. The normalized spacial score (nSPS) is 20.6. The standard InChI is InChI=1S/C23H31O2P.C19H35P.Fe/c1-15-11-20(12-16(2)22(15)24-5)26(19-9-7-8-10-19)21-13-17(3)23(25-6)18(4)14-21;1-16(17-10-8-9-11-17)20(18-12-4-2-5-13-18)19-14-6-3-7-15-19;/h11-14,19H,7-10H2,1-6H3;16-19H,2-15H2,1H3;/t;16-;/m.1./s1. The van der Waals surface area contributed by atoms with E-state index in [1.807, 2.05) is 0 Å². The molecular formula is C42H66FeO2P2. The molecule has 0 N–H and O–H groups in total. The molecule has 264 valence electrons. The Morgan fingerprint density at radius 1 is 0.511 bits per heavy atom. The van der Waals surface area contributed by atoms with Crippen molar-refractivity contribution in [2.45, 2.75) is 173 Å². The van der Waals surface area contributed by atoms with Crippen molar-refractivity contribution >= 4 is 26.5 Å². The van der Waals surface area contributed by atoms with Crippen LogP contribution in [0.25, 0.3) is 0 Å². The number of benzene rings is 2. The number of aryl methyl sites for hydroxylation is 4. The minimum Gasteiger partial charge on any atom is -0.496 e. The van der Waals surface area contributed by atoms with Gasteiger partial charge >= 0.3 is 0 Å². The van der Waals surface area contributed by atoms with Crippen LogP contribution in [0.2, 0.25) is 0 Å². The van der Waals surface area contributed by atoms with Crippen molar-refractivity contribution in [2.24, 2.45) is 5.92 Å². The molecule has 0 heterocycles. The molecule has 0 amide bonds. The predicted molar refractivity (Wildman–Crippen MR) is 205 cm³/mol. The topological polar surface area (TPSA) is 18.5 Å². The first-order valence-electron chi connectivity index (χ1n) is 19.2. The summed E-state index contributed by atoms with van der Waals surface area (Å²) in [6, 6.07) is 9.46. The first-order valence-corrected chi connectivity index (χ1v) is 22.2. The van der Waals surface area contributed by atoms with Gasteiger partial charge in [-0.05, 0) is 173 Å². The van der Waals surface area contributed by atoms with Gasteiger partial charge in [0.1, 0.15) is 11.5 Å². The summed E-state index contributed by atoms with van der Waals surface area (Å²) in [6.45, 7) is 11.4. The Morgan fingerprint density at radius 2 is 0.830 bits per heavy atom. The fourth-order valence-electron chi connectivity index (χ4n) is 9.91. The number of ether oxygens (including phenoxy) is 2.